The van der Waals surface area contributed by atoms with Crippen LogP contribution in [0, 0.1) is 0 Å². The van der Waals surface area contributed by atoms with Crippen molar-refractivity contribution >= 4 is 11.5 Å². The molecule has 5 nitrogen and oxygen atoms in total. The number of methoxy groups -OCH3 is 1. The number of hydrogen-bond donors (Lipinski definition) is 2. The third kappa shape index (κ3) is 2.38. The fourth-order valence-corrected chi connectivity index (χ4v) is 1.27. The van der Waals surface area contributed by atoms with Crippen molar-refractivity contribution in [3.05, 3.63) is 47.0 Å². The predicted molar refractivity (Wildman–Crippen MR) is 61.1 cm³/mol. The van der Waals surface area contributed by atoms with Gasteiger partial charge in [-0.15, -0.1) is 0 Å². The van der Waals surface area contributed by atoms with Crippen LogP contribution in [-0.2, 0) is 0 Å². The van der Waals surface area contributed by atoms with E-state index in [1.165, 1.54) is 6.20 Å². The first-order chi connectivity index (χ1) is 7.78. The van der Waals surface area contributed by atoms with Gasteiger partial charge in [0.05, 0.1) is 7.11 Å². The summed E-state index contributed by atoms with van der Waals surface area (Å²) in [5.41, 5.74) is 0.487. The number of ether oxygens (including phenoxy) is 1. The van der Waals surface area contributed by atoms with Crippen molar-refractivity contribution in [2.75, 3.05) is 12.4 Å². The molecular weight excluding hydrogens is 206 g/mol. The molecule has 2 aromatic rings. The van der Waals surface area contributed by atoms with Crippen LogP contribution in [-0.4, -0.2) is 17.1 Å². The number of rotatable bonds is 3. The Labute approximate surface area is 92.1 Å². The Morgan fingerprint density at radius 2 is 2.00 bits per heavy atom. The fourth-order valence-electron chi connectivity index (χ4n) is 1.27. The number of nitrogens with zero attached hydrogens (tertiary/aromatic N) is 1. The largest absolute Gasteiger partial charge is 0.497 e. The van der Waals surface area contributed by atoms with E-state index < -0.39 is 0 Å². The number of hydrogen-bond acceptors (Lipinski definition) is 4. The predicted octanol–water partition coefficient (Wildman–Crippen LogP) is 1.52. The van der Waals surface area contributed by atoms with Gasteiger partial charge in [0.15, 0.2) is 0 Å². The van der Waals surface area contributed by atoms with Crippen LogP contribution in [0.5, 0.6) is 5.75 Å². The lowest BCUT2D eigenvalue weighted by Crippen LogP contribution is -2.10. The highest BCUT2D eigenvalue weighted by Crippen LogP contribution is 2.17. The first kappa shape index (κ1) is 10.2. The molecule has 1 aromatic carbocycles. The summed E-state index contributed by atoms with van der Waals surface area (Å²) in [5, 5.41) is 3.04. The maximum atomic E-state index is 11.0. The molecule has 0 aliphatic carbocycles. The van der Waals surface area contributed by atoms with Crippen LogP contribution in [0.3, 0.4) is 0 Å². The molecule has 2 rings (SSSR count). The molecule has 0 saturated heterocycles. The fraction of sp³-hybridized carbons (Fsp3) is 0.0909. The number of H-pyrrole nitrogens is 1. The Bertz CT molecular complexity index is 519. The molecule has 1 heterocycles. The van der Waals surface area contributed by atoms with Gasteiger partial charge in [-0.1, -0.05) is 0 Å². The number of benzene rings is 1. The summed E-state index contributed by atoms with van der Waals surface area (Å²) < 4.78 is 5.04. The van der Waals surface area contributed by atoms with Crippen molar-refractivity contribution in [2.45, 2.75) is 0 Å². The van der Waals surface area contributed by atoms with Crippen LogP contribution < -0.4 is 15.7 Å². The number of aromatic nitrogens is 2. The van der Waals surface area contributed by atoms with Gasteiger partial charge in [0, 0.05) is 11.9 Å². The smallest absolute Gasteiger partial charge is 0.346 e. The Balaban J connectivity index is 2.17. The quantitative estimate of drug-likeness (QED) is 0.818. The summed E-state index contributed by atoms with van der Waals surface area (Å²) in [6, 6.07) is 9.07. The monoisotopic (exact) mass is 217 g/mol. The number of aromatic amines is 1. The third-order valence-corrected chi connectivity index (χ3v) is 2.04. The maximum absolute atomic E-state index is 11.0. The van der Waals surface area contributed by atoms with E-state index in [2.05, 4.69) is 15.3 Å². The zero-order chi connectivity index (χ0) is 11.4. The second kappa shape index (κ2) is 4.48. The maximum Gasteiger partial charge on any atom is 0.346 e. The van der Waals surface area contributed by atoms with Crippen molar-refractivity contribution in [3.63, 3.8) is 0 Å². The van der Waals surface area contributed by atoms with Crippen LogP contribution in [0.25, 0.3) is 0 Å². The Morgan fingerprint density at radius 1 is 1.25 bits per heavy atom. The minimum atomic E-state index is -0.376. The van der Waals surface area contributed by atoms with Gasteiger partial charge in [0.1, 0.15) is 11.6 Å². The molecule has 0 spiro atoms. The van der Waals surface area contributed by atoms with E-state index >= 15 is 0 Å². The Kier molecular flexibility index (Phi) is 2.86. The van der Waals surface area contributed by atoms with Crippen molar-refractivity contribution in [1.29, 1.82) is 0 Å². The van der Waals surface area contributed by atoms with Crippen LogP contribution >= 0.6 is 0 Å². The molecule has 0 atom stereocenters. The molecule has 0 radical (unpaired) electrons. The molecule has 5 heteroatoms. The van der Waals surface area contributed by atoms with Gasteiger partial charge in [-0.25, -0.2) is 9.78 Å². The van der Waals surface area contributed by atoms with Crippen LogP contribution in [0.1, 0.15) is 0 Å². The van der Waals surface area contributed by atoms with Gasteiger partial charge < -0.3 is 10.1 Å². The molecule has 2 N–H and O–H groups in total. The van der Waals surface area contributed by atoms with Gasteiger partial charge >= 0.3 is 5.69 Å². The first-order valence-electron chi connectivity index (χ1n) is 4.74. The van der Waals surface area contributed by atoms with E-state index in [1.54, 1.807) is 13.2 Å². The lowest BCUT2D eigenvalue weighted by Gasteiger charge is -2.06. The van der Waals surface area contributed by atoms with Gasteiger partial charge in [-0.3, -0.25) is 4.98 Å². The lowest BCUT2D eigenvalue weighted by molar-refractivity contribution is 0.415. The minimum absolute atomic E-state index is 0.376. The molecule has 0 unspecified atom stereocenters. The molecule has 0 saturated carbocycles. The molecule has 0 amide bonds. The van der Waals surface area contributed by atoms with Crippen molar-refractivity contribution < 1.29 is 4.74 Å². The summed E-state index contributed by atoms with van der Waals surface area (Å²) in [6.07, 6.45) is 1.45. The summed E-state index contributed by atoms with van der Waals surface area (Å²) >= 11 is 0. The minimum Gasteiger partial charge on any atom is -0.497 e. The number of anilines is 2. The highest BCUT2D eigenvalue weighted by atomic mass is 16.5. The summed E-state index contributed by atoms with van der Waals surface area (Å²) in [4.78, 5) is 17.1. The van der Waals surface area contributed by atoms with E-state index in [9.17, 15) is 4.79 Å². The van der Waals surface area contributed by atoms with Crippen LogP contribution in [0.4, 0.5) is 11.5 Å². The van der Waals surface area contributed by atoms with Gasteiger partial charge in [0.25, 0.3) is 0 Å². The van der Waals surface area contributed by atoms with Crippen LogP contribution in [0.2, 0.25) is 0 Å². The Morgan fingerprint density at radius 3 is 2.62 bits per heavy atom. The molecule has 1 aromatic heterocycles. The zero-order valence-electron chi connectivity index (χ0n) is 8.73. The normalized spacial score (nSPS) is 9.81. The van der Waals surface area contributed by atoms with Gasteiger partial charge in [0.2, 0.25) is 0 Å². The van der Waals surface area contributed by atoms with E-state index in [1.807, 2.05) is 24.3 Å². The zero-order valence-corrected chi connectivity index (χ0v) is 8.73. The molecule has 82 valence electrons. The standard InChI is InChI=1S/C11H11N3O2/c1-16-9-4-2-8(3-5-9)13-10-6-7-12-11(15)14-10/h2-7H,1H3,(H2,12,13,14,15). The van der Waals surface area contributed by atoms with Crippen molar-refractivity contribution in [3.8, 4) is 5.75 Å². The van der Waals surface area contributed by atoms with Crippen molar-refractivity contribution in [2.24, 2.45) is 0 Å². The highest BCUT2D eigenvalue weighted by Gasteiger charge is 1.96. The summed E-state index contributed by atoms with van der Waals surface area (Å²) in [6.45, 7) is 0. The summed E-state index contributed by atoms with van der Waals surface area (Å²) in [7, 11) is 1.61. The topological polar surface area (TPSA) is 67.0 Å². The average molecular weight is 217 g/mol. The molecule has 0 bridgehead atoms. The average Bonchev–Trinajstić information content (AvgIpc) is 2.30. The van der Waals surface area contributed by atoms with Gasteiger partial charge in [-0.05, 0) is 30.3 Å². The van der Waals surface area contributed by atoms with E-state index in [4.69, 9.17) is 4.74 Å². The van der Waals surface area contributed by atoms with E-state index in [-0.39, 0.29) is 5.69 Å². The van der Waals surface area contributed by atoms with Crippen molar-refractivity contribution in [1.82, 2.24) is 9.97 Å². The van der Waals surface area contributed by atoms with E-state index in [0.717, 1.165) is 11.4 Å². The Hall–Kier alpha value is -2.30. The molecule has 0 aliphatic rings. The first-order valence-corrected chi connectivity index (χ1v) is 4.74. The molecule has 0 fully saturated rings. The number of nitrogens with one attached hydrogen (secondary N) is 2. The molecule has 0 aliphatic heterocycles. The second-order valence-electron chi connectivity index (χ2n) is 3.14. The van der Waals surface area contributed by atoms with E-state index in [0.29, 0.717) is 5.82 Å². The third-order valence-electron chi connectivity index (χ3n) is 2.04. The molecular formula is C11H11N3O2. The van der Waals surface area contributed by atoms with Gasteiger partial charge in [-0.2, -0.15) is 0 Å². The molecule has 16 heavy (non-hydrogen) atoms. The highest BCUT2D eigenvalue weighted by molar-refractivity contribution is 5.56. The summed E-state index contributed by atoms with van der Waals surface area (Å²) in [5.74, 6) is 1.39. The van der Waals surface area contributed by atoms with Crippen LogP contribution in [0.15, 0.2) is 41.3 Å². The SMILES string of the molecule is COc1ccc(Nc2ccnc(=O)[nH]2)cc1. The lowest BCUT2D eigenvalue weighted by atomic mass is 10.3. The second-order valence-corrected chi connectivity index (χ2v) is 3.14.